The van der Waals surface area contributed by atoms with E-state index in [1.807, 2.05) is 18.5 Å². The molecule has 0 aromatic carbocycles. The van der Waals surface area contributed by atoms with Crippen LogP contribution in [-0.4, -0.2) is 79.2 Å². The highest BCUT2D eigenvalue weighted by atomic mass is 16.5. The molecule has 0 unspecified atom stereocenters. The van der Waals surface area contributed by atoms with Gasteiger partial charge in [0.05, 0.1) is 25.3 Å². The third kappa shape index (κ3) is 5.63. The maximum Gasteiger partial charge on any atom is 0.409 e. The fraction of sp³-hybridized carbons (Fsp3) is 0.760. The first-order valence-electron chi connectivity index (χ1n) is 12.8. The number of amides is 2. The van der Waals surface area contributed by atoms with E-state index in [1.165, 1.54) is 7.11 Å². The van der Waals surface area contributed by atoms with Crippen molar-refractivity contribution in [2.45, 2.75) is 58.9 Å². The van der Waals surface area contributed by atoms with Crippen molar-refractivity contribution in [3.8, 4) is 0 Å². The summed E-state index contributed by atoms with van der Waals surface area (Å²) in [5, 5.41) is 7.94. The molecule has 2 fully saturated rings. The lowest BCUT2D eigenvalue weighted by Crippen LogP contribution is -2.41. The first-order valence-corrected chi connectivity index (χ1v) is 12.8. The Morgan fingerprint density at radius 1 is 1.26 bits per heavy atom. The first-order chi connectivity index (χ1) is 16.9. The smallest absolute Gasteiger partial charge is 0.409 e. The normalized spacial score (nSPS) is 21.1. The van der Waals surface area contributed by atoms with Crippen LogP contribution in [0.25, 0.3) is 0 Å². The molecule has 0 bridgehead atoms. The number of esters is 1. The Labute approximate surface area is 206 Å². The van der Waals surface area contributed by atoms with Gasteiger partial charge in [-0.2, -0.15) is 5.10 Å². The predicted octanol–water partition coefficient (Wildman–Crippen LogP) is 2.19. The molecule has 1 N–H and O–H groups in total. The van der Waals surface area contributed by atoms with Gasteiger partial charge in [-0.15, -0.1) is 0 Å². The second-order valence-electron chi connectivity index (χ2n) is 10.2. The van der Waals surface area contributed by atoms with Crippen LogP contribution in [0.15, 0.2) is 0 Å². The highest BCUT2D eigenvalue weighted by molar-refractivity contribution is 5.94. The number of nitrogens with one attached hydrogen (secondary N) is 1. The van der Waals surface area contributed by atoms with Gasteiger partial charge >= 0.3 is 12.1 Å². The van der Waals surface area contributed by atoms with Crippen LogP contribution >= 0.6 is 0 Å². The molecule has 194 valence electrons. The van der Waals surface area contributed by atoms with Crippen molar-refractivity contribution >= 4 is 18.0 Å². The fourth-order valence-electron chi connectivity index (χ4n) is 5.49. The highest BCUT2D eigenvalue weighted by Crippen LogP contribution is 2.38. The van der Waals surface area contributed by atoms with Crippen molar-refractivity contribution in [1.82, 2.24) is 20.0 Å². The van der Waals surface area contributed by atoms with Crippen molar-refractivity contribution in [3.63, 3.8) is 0 Å². The number of carbonyl (C=O) groups is 3. The van der Waals surface area contributed by atoms with Gasteiger partial charge in [0.1, 0.15) is 5.69 Å². The Morgan fingerprint density at radius 3 is 2.63 bits per heavy atom. The van der Waals surface area contributed by atoms with Gasteiger partial charge in [-0.1, -0.05) is 6.92 Å². The second-order valence-corrected chi connectivity index (χ2v) is 10.2. The molecule has 4 rings (SSSR count). The van der Waals surface area contributed by atoms with Crippen LogP contribution in [0.5, 0.6) is 0 Å². The number of aromatic nitrogens is 2. The average Bonchev–Trinajstić information content (AvgIpc) is 3.15. The molecule has 0 aliphatic carbocycles. The van der Waals surface area contributed by atoms with Gasteiger partial charge in [0.15, 0.2) is 0 Å². The monoisotopic (exact) mass is 490 g/mol. The minimum atomic E-state index is -0.354. The standard InChI is InChI=1S/C25H38N4O6/c1-4-29-21-19(14-25(16-26-22(21)30)7-11-34-12-8-25)20(27-29)13-17(2)15-35-23(31)18-5-9-28(10-6-18)24(32)33-3/h17-18H,4-16H2,1-3H3,(H,26,30)/t17-/m1/s1. The molecule has 3 aliphatic heterocycles. The maximum absolute atomic E-state index is 13.0. The van der Waals surface area contributed by atoms with E-state index in [0.29, 0.717) is 71.0 Å². The van der Waals surface area contributed by atoms with Crippen molar-refractivity contribution in [2.24, 2.45) is 17.3 Å². The van der Waals surface area contributed by atoms with Crippen molar-refractivity contribution < 1.29 is 28.6 Å². The van der Waals surface area contributed by atoms with Crippen molar-refractivity contribution in [2.75, 3.05) is 46.6 Å². The highest BCUT2D eigenvalue weighted by Gasteiger charge is 2.40. The summed E-state index contributed by atoms with van der Waals surface area (Å²) < 4.78 is 17.8. The zero-order chi connectivity index (χ0) is 25.0. The molecule has 35 heavy (non-hydrogen) atoms. The largest absolute Gasteiger partial charge is 0.465 e. The molecule has 1 aromatic rings. The number of ether oxygens (including phenoxy) is 3. The molecule has 4 heterocycles. The van der Waals surface area contributed by atoms with E-state index >= 15 is 0 Å². The Bertz CT molecular complexity index is 931. The molecule has 2 amide bonds. The molecule has 1 atom stereocenters. The predicted molar refractivity (Wildman–Crippen MR) is 127 cm³/mol. The lowest BCUT2D eigenvalue weighted by molar-refractivity contribution is -0.151. The van der Waals surface area contributed by atoms with Crippen LogP contribution in [-0.2, 0) is 38.4 Å². The van der Waals surface area contributed by atoms with Crippen LogP contribution in [0.1, 0.15) is 61.3 Å². The molecule has 10 heteroatoms. The number of aryl methyl sites for hydroxylation is 1. The summed E-state index contributed by atoms with van der Waals surface area (Å²) in [6.45, 7) is 8.06. The minimum absolute atomic E-state index is 0.00425. The quantitative estimate of drug-likeness (QED) is 0.609. The molecule has 3 aliphatic rings. The molecule has 0 saturated carbocycles. The zero-order valence-electron chi connectivity index (χ0n) is 21.1. The topological polar surface area (TPSA) is 112 Å². The van der Waals surface area contributed by atoms with Crippen LogP contribution in [0.4, 0.5) is 4.79 Å². The van der Waals surface area contributed by atoms with Crippen LogP contribution in [0.3, 0.4) is 0 Å². The average molecular weight is 491 g/mol. The van der Waals surface area contributed by atoms with Crippen LogP contribution < -0.4 is 5.32 Å². The van der Waals surface area contributed by atoms with Gasteiger partial charge in [-0.25, -0.2) is 4.79 Å². The van der Waals surface area contributed by atoms with E-state index in [2.05, 4.69) is 5.32 Å². The van der Waals surface area contributed by atoms with Crippen molar-refractivity contribution in [1.29, 1.82) is 0 Å². The molecule has 0 radical (unpaired) electrons. The molecular formula is C25H38N4O6. The number of methoxy groups -OCH3 is 1. The summed E-state index contributed by atoms with van der Waals surface area (Å²) in [4.78, 5) is 38.9. The number of rotatable bonds is 6. The van der Waals surface area contributed by atoms with Gasteiger partial charge < -0.3 is 24.4 Å². The minimum Gasteiger partial charge on any atom is -0.465 e. The van der Waals surface area contributed by atoms with E-state index < -0.39 is 0 Å². The number of piperidine rings is 1. The second kappa shape index (κ2) is 11.0. The summed E-state index contributed by atoms with van der Waals surface area (Å²) in [7, 11) is 1.36. The van der Waals surface area contributed by atoms with Gasteiger partial charge in [0, 0.05) is 45.0 Å². The van der Waals surface area contributed by atoms with Gasteiger partial charge in [0.2, 0.25) is 0 Å². The van der Waals surface area contributed by atoms with Gasteiger partial charge in [-0.3, -0.25) is 14.3 Å². The number of fused-ring (bicyclic) bond motifs is 1. The van der Waals surface area contributed by atoms with Crippen LogP contribution in [0.2, 0.25) is 0 Å². The fourth-order valence-corrected chi connectivity index (χ4v) is 5.49. The summed E-state index contributed by atoms with van der Waals surface area (Å²) in [6, 6.07) is 0. The summed E-state index contributed by atoms with van der Waals surface area (Å²) in [5.74, 6) is -0.396. The zero-order valence-corrected chi connectivity index (χ0v) is 21.1. The van der Waals surface area contributed by atoms with Gasteiger partial charge in [0.25, 0.3) is 5.91 Å². The Balaban J connectivity index is 1.38. The number of nitrogens with zero attached hydrogens (tertiary/aromatic N) is 3. The lowest BCUT2D eigenvalue weighted by Gasteiger charge is -2.36. The number of carbonyl (C=O) groups excluding carboxylic acids is 3. The first kappa shape index (κ1) is 25.5. The third-order valence-electron chi connectivity index (χ3n) is 7.69. The Morgan fingerprint density at radius 2 is 1.97 bits per heavy atom. The van der Waals surface area contributed by atoms with Crippen molar-refractivity contribution in [3.05, 3.63) is 17.0 Å². The molecule has 1 spiro atoms. The number of likely N-dealkylation sites (tertiary alicyclic amines) is 1. The maximum atomic E-state index is 13.0. The lowest BCUT2D eigenvalue weighted by atomic mass is 9.75. The summed E-state index contributed by atoms with van der Waals surface area (Å²) in [5.41, 5.74) is 2.65. The Hall–Kier alpha value is -2.62. The molecule has 2 saturated heterocycles. The third-order valence-corrected chi connectivity index (χ3v) is 7.69. The van der Waals surface area contributed by atoms with Gasteiger partial charge in [-0.05, 0) is 56.8 Å². The summed E-state index contributed by atoms with van der Waals surface area (Å²) in [6.07, 6.45) is 4.10. The number of hydrogen-bond donors (Lipinski definition) is 1. The number of hydrogen-bond acceptors (Lipinski definition) is 7. The van der Waals surface area contributed by atoms with E-state index in [1.54, 1.807) is 4.90 Å². The van der Waals surface area contributed by atoms with E-state index in [4.69, 9.17) is 19.3 Å². The molecule has 1 aromatic heterocycles. The SMILES string of the molecule is CCn1nc(C[C@@H](C)COC(=O)C2CCN(C(=O)OC)CC2)c2c1C(=O)NCC1(CCOCC1)C2. The molecular weight excluding hydrogens is 452 g/mol. The Kier molecular flexibility index (Phi) is 7.98. The van der Waals surface area contributed by atoms with E-state index in [0.717, 1.165) is 30.5 Å². The van der Waals surface area contributed by atoms with E-state index in [-0.39, 0.29) is 35.2 Å². The van der Waals surface area contributed by atoms with E-state index in [9.17, 15) is 14.4 Å². The van der Waals surface area contributed by atoms with Crippen LogP contribution in [0, 0.1) is 17.3 Å². The summed E-state index contributed by atoms with van der Waals surface area (Å²) >= 11 is 0. The molecule has 10 nitrogen and oxygen atoms in total.